The molecule has 2 aliphatic heterocycles. The van der Waals surface area contributed by atoms with E-state index in [-0.39, 0.29) is 10.4 Å². The summed E-state index contributed by atoms with van der Waals surface area (Å²) < 4.78 is 34.9. The van der Waals surface area contributed by atoms with Gasteiger partial charge in [-0.05, 0) is 19.3 Å². The van der Waals surface area contributed by atoms with Crippen molar-refractivity contribution < 1.29 is 13.2 Å². The highest BCUT2D eigenvalue weighted by atomic mass is 32.2. The first-order valence-corrected chi connectivity index (χ1v) is 11.8. The molecule has 2 aromatic rings. The van der Waals surface area contributed by atoms with Gasteiger partial charge >= 0.3 is 0 Å². The maximum Gasteiger partial charge on any atom is 0.260 e. The van der Waals surface area contributed by atoms with E-state index in [1.54, 1.807) is 17.4 Å². The van der Waals surface area contributed by atoms with Crippen molar-refractivity contribution in [2.75, 3.05) is 32.8 Å². The van der Waals surface area contributed by atoms with E-state index < -0.39 is 10.0 Å². The Balaban J connectivity index is 1.44. The number of hydrogen-bond acceptors (Lipinski definition) is 5. The van der Waals surface area contributed by atoms with Gasteiger partial charge in [0.25, 0.3) is 10.0 Å². The summed E-state index contributed by atoms with van der Waals surface area (Å²) in [5, 5.41) is 8.32. The van der Waals surface area contributed by atoms with E-state index in [1.807, 2.05) is 30.3 Å². The number of sulfonamides is 1. The van der Waals surface area contributed by atoms with Crippen LogP contribution < -0.4 is 5.32 Å². The molecule has 8 heteroatoms. The average Bonchev–Trinajstić information content (AvgIpc) is 3.11. The molecule has 0 amide bonds. The lowest BCUT2D eigenvalue weighted by atomic mass is 9.79. The second kappa shape index (κ2) is 8.18. The number of aryl methyl sites for hydroxylation is 1. The molecule has 1 N–H and O–H groups in total. The second-order valence-electron chi connectivity index (χ2n) is 8.25. The molecular formula is C21H30N4O3S. The van der Waals surface area contributed by atoms with Gasteiger partial charge in [-0.2, -0.15) is 9.40 Å². The molecule has 0 radical (unpaired) electrons. The minimum Gasteiger partial charge on any atom is -0.381 e. The van der Waals surface area contributed by atoms with Gasteiger partial charge in [-0.3, -0.25) is 4.68 Å². The minimum absolute atomic E-state index is 0.00618. The van der Waals surface area contributed by atoms with Crippen molar-refractivity contribution in [3.8, 4) is 11.3 Å². The molecule has 2 fully saturated rings. The third kappa shape index (κ3) is 4.12. The van der Waals surface area contributed by atoms with Crippen LogP contribution in [0, 0.1) is 5.41 Å². The van der Waals surface area contributed by atoms with E-state index in [0.717, 1.165) is 44.6 Å². The zero-order valence-corrected chi connectivity index (χ0v) is 18.0. The van der Waals surface area contributed by atoms with Gasteiger partial charge in [0.2, 0.25) is 0 Å². The van der Waals surface area contributed by atoms with Crippen LogP contribution in [0.2, 0.25) is 0 Å². The molecule has 3 heterocycles. The van der Waals surface area contributed by atoms with Gasteiger partial charge in [0.05, 0.1) is 5.69 Å². The number of ether oxygens (including phenoxy) is 1. The number of aromatic nitrogens is 2. The normalized spacial score (nSPS) is 20.5. The molecule has 0 aliphatic carbocycles. The van der Waals surface area contributed by atoms with Crippen LogP contribution in [0.5, 0.6) is 0 Å². The van der Waals surface area contributed by atoms with Crippen molar-refractivity contribution in [2.24, 2.45) is 12.5 Å². The molecule has 2 aliphatic rings. The summed E-state index contributed by atoms with van der Waals surface area (Å²) in [6.45, 7) is 5.71. The Labute approximate surface area is 173 Å². The fourth-order valence-electron chi connectivity index (χ4n) is 4.17. The van der Waals surface area contributed by atoms with Crippen LogP contribution in [-0.4, -0.2) is 61.4 Å². The molecule has 4 rings (SSSR count). The minimum atomic E-state index is -3.56. The van der Waals surface area contributed by atoms with E-state index in [0.29, 0.717) is 24.8 Å². The Hall–Kier alpha value is -1.74. The summed E-state index contributed by atoms with van der Waals surface area (Å²) in [6, 6.07) is 11.8. The largest absolute Gasteiger partial charge is 0.381 e. The predicted molar refractivity (Wildman–Crippen MR) is 112 cm³/mol. The maximum atomic E-state index is 13.2. The van der Waals surface area contributed by atoms with Gasteiger partial charge in [-0.1, -0.05) is 37.3 Å². The smallest absolute Gasteiger partial charge is 0.260 e. The Morgan fingerprint density at radius 3 is 2.55 bits per heavy atom. The highest BCUT2D eigenvalue weighted by Crippen LogP contribution is 2.38. The third-order valence-corrected chi connectivity index (χ3v) is 8.12. The van der Waals surface area contributed by atoms with Gasteiger partial charge in [-0.15, -0.1) is 0 Å². The van der Waals surface area contributed by atoms with Crippen LogP contribution >= 0.6 is 0 Å². The van der Waals surface area contributed by atoms with Crippen molar-refractivity contribution >= 4 is 10.0 Å². The van der Waals surface area contributed by atoms with Gasteiger partial charge in [0, 0.05) is 63.0 Å². The highest BCUT2D eigenvalue weighted by Gasteiger charge is 2.48. The van der Waals surface area contributed by atoms with E-state index in [9.17, 15) is 8.42 Å². The Morgan fingerprint density at radius 2 is 1.90 bits per heavy atom. The van der Waals surface area contributed by atoms with Crippen molar-refractivity contribution in [1.82, 2.24) is 19.4 Å². The van der Waals surface area contributed by atoms with E-state index in [4.69, 9.17) is 4.74 Å². The predicted octanol–water partition coefficient (Wildman–Crippen LogP) is 2.26. The molecular weight excluding hydrogens is 388 g/mol. The summed E-state index contributed by atoms with van der Waals surface area (Å²) in [5.74, 6) is 0. The van der Waals surface area contributed by atoms with Crippen molar-refractivity contribution in [1.29, 1.82) is 0 Å². The number of rotatable bonds is 7. The first-order valence-electron chi connectivity index (χ1n) is 10.3. The van der Waals surface area contributed by atoms with E-state index in [1.165, 1.54) is 4.68 Å². The lowest BCUT2D eigenvalue weighted by Crippen LogP contribution is -2.62. The molecule has 1 aromatic carbocycles. The standard InChI is InChI=1S/C21H30N4O3S/c1-3-21(14-22-18-9-11-28-12-10-18)15-25(16-21)29(26,27)20-13-19(23-24(20)2)17-7-5-4-6-8-17/h4-8,13,18,22H,3,9-12,14-16H2,1-2H3. The molecule has 0 unspecified atom stereocenters. The summed E-state index contributed by atoms with van der Waals surface area (Å²) in [4.78, 5) is 0. The molecule has 29 heavy (non-hydrogen) atoms. The quantitative estimate of drug-likeness (QED) is 0.746. The fraction of sp³-hybridized carbons (Fsp3) is 0.571. The molecule has 0 saturated carbocycles. The van der Waals surface area contributed by atoms with Crippen LogP contribution in [0.25, 0.3) is 11.3 Å². The maximum absolute atomic E-state index is 13.2. The molecule has 0 spiro atoms. The van der Waals surface area contributed by atoms with Crippen LogP contribution in [0.3, 0.4) is 0 Å². The van der Waals surface area contributed by atoms with Crippen LogP contribution in [0.1, 0.15) is 26.2 Å². The van der Waals surface area contributed by atoms with Gasteiger partial charge in [0.1, 0.15) is 0 Å². The molecule has 0 bridgehead atoms. The molecule has 2 saturated heterocycles. The summed E-state index contributed by atoms with van der Waals surface area (Å²) in [6.07, 6.45) is 3.01. The van der Waals surface area contributed by atoms with Crippen LogP contribution in [0.15, 0.2) is 41.4 Å². The van der Waals surface area contributed by atoms with Crippen molar-refractivity contribution in [3.05, 3.63) is 36.4 Å². The van der Waals surface area contributed by atoms with Crippen LogP contribution in [0.4, 0.5) is 0 Å². The van der Waals surface area contributed by atoms with E-state index >= 15 is 0 Å². The average molecular weight is 419 g/mol. The Kier molecular flexibility index (Phi) is 5.79. The number of hydrogen-bond donors (Lipinski definition) is 1. The SMILES string of the molecule is CCC1(CNC2CCOCC2)CN(S(=O)(=O)c2cc(-c3ccccc3)nn2C)C1. The Morgan fingerprint density at radius 1 is 1.21 bits per heavy atom. The van der Waals surface area contributed by atoms with Crippen molar-refractivity contribution in [3.63, 3.8) is 0 Å². The lowest BCUT2D eigenvalue weighted by molar-refractivity contribution is 0.0438. The zero-order valence-electron chi connectivity index (χ0n) is 17.2. The van der Waals surface area contributed by atoms with Gasteiger partial charge in [0.15, 0.2) is 5.03 Å². The first-order chi connectivity index (χ1) is 13.9. The second-order valence-corrected chi connectivity index (χ2v) is 10.1. The number of nitrogens with one attached hydrogen (secondary N) is 1. The summed E-state index contributed by atoms with van der Waals surface area (Å²) >= 11 is 0. The van der Waals surface area contributed by atoms with Crippen LogP contribution in [-0.2, 0) is 21.8 Å². The topological polar surface area (TPSA) is 76.5 Å². The lowest BCUT2D eigenvalue weighted by Gasteiger charge is -2.49. The number of benzene rings is 1. The molecule has 158 valence electrons. The van der Waals surface area contributed by atoms with Gasteiger partial charge < -0.3 is 10.1 Å². The van der Waals surface area contributed by atoms with Crippen molar-refractivity contribution in [2.45, 2.75) is 37.3 Å². The molecule has 1 aromatic heterocycles. The fourth-order valence-corrected chi connectivity index (χ4v) is 5.96. The highest BCUT2D eigenvalue weighted by molar-refractivity contribution is 7.89. The third-order valence-electron chi connectivity index (χ3n) is 6.27. The molecule has 0 atom stereocenters. The van der Waals surface area contributed by atoms with E-state index in [2.05, 4.69) is 17.3 Å². The Bertz CT molecular complexity index is 930. The monoisotopic (exact) mass is 418 g/mol. The molecule has 7 nitrogen and oxygen atoms in total. The first kappa shape index (κ1) is 20.5. The zero-order chi connectivity index (χ0) is 20.5. The number of nitrogens with zero attached hydrogens (tertiary/aromatic N) is 3. The van der Waals surface area contributed by atoms with Gasteiger partial charge in [-0.25, -0.2) is 8.42 Å². The summed E-state index contributed by atoms with van der Waals surface area (Å²) in [7, 11) is -1.87. The summed E-state index contributed by atoms with van der Waals surface area (Å²) in [5.41, 5.74) is 1.60.